The molecule has 1 aromatic heterocycles. The van der Waals surface area contributed by atoms with Crippen LogP contribution in [0.2, 0.25) is 0 Å². The van der Waals surface area contributed by atoms with E-state index >= 15 is 0 Å². The molecule has 2 rings (SSSR count). The number of carbonyl (C=O) groups excluding carboxylic acids is 1. The molecule has 1 heterocycles. The molecule has 2 aromatic rings. The Kier molecular flexibility index (Phi) is 5.57. The second-order valence-corrected chi connectivity index (χ2v) is 5.61. The first-order valence-electron chi connectivity index (χ1n) is 7.68. The highest BCUT2D eigenvalue weighted by Crippen LogP contribution is 2.24. The number of carbonyl (C=O) groups is 1. The maximum absolute atomic E-state index is 12.4. The summed E-state index contributed by atoms with van der Waals surface area (Å²) >= 11 is 0. The molecule has 128 valence electrons. The number of benzene rings is 1. The molecule has 0 saturated heterocycles. The maximum Gasteiger partial charge on any atom is 0.255 e. The molecule has 1 amide bonds. The minimum absolute atomic E-state index is 0.220. The summed E-state index contributed by atoms with van der Waals surface area (Å²) in [5.41, 5.74) is 1.10. The Labute approximate surface area is 142 Å². The van der Waals surface area contributed by atoms with E-state index in [4.69, 9.17) is 4.74 Å². The number of hydrogen-bond donors (Lipinski definition) is 1. The van der Waals surface area contributed by atoms with E-state index < -0.39 is 0 Å². The summed E-state index contributed by atoms with van der Waals surface area (Å²) in [5.74, 6) is 1.75. The number of nitrogens with zero attached hydrogens (tertiary/aromatic N) is 4. The fourth-order valence-corrected chi connectivity index (χ4v) is 2.07. The molecule has 1 N–H and O–H groups in total. The zero-order valence-electron chi connectivity index (χ0n) is 14.7. The molecule has 7 heteroatoms. The largest absolute Gasteiger partial charge is 0.494 e. The van der Waals surface area contributed by atoms with E-state index in [0.717, 1.165) is 5.75 Å². The zero-order chi connectivity index (χ0) is 17.7. The first-order valence-corrected chi connectivity index (χ1v) is 7.68. The van der Waals surface area contributed by atoms with Crippen molar-refractivity contribution in [2.24, 2.45) is 0 Å². The molecule has 24 heavy (non-hydrogen) atoms. The van der Waals surface area contributed by atoms with Crippen LogP contribution >= 0.6 is 0 Å². The van der Waals surface area contributed by atoms with Crippen LogP contribution in [-0.2, 0) is 0 Å². The van der Waals surface area contributed by atoms with Crippen molar-refractivity contribution in [2.75, 3.05) is 49.9 Å². The van der Waals surface area contributed by atoms with Crippen LogP contribution in [0.3, 0.4) is 0 Å². The molecule has 0 spiro atoms. The van der Waals surface area contributed by atoms with Gasteiger partial charge in [0, 0.05) is 33.8 Å². The first kappa shape index (κ1) is 17.5. The average Bonchev–Trinajstić information content (AvgIpc) is 2.55. The molecule has 0 unspecified atom stereocenters. The van der Waals surface area contributed by atoms with E-state index in [0.29, 0.717) is 29.6 Å². The lowest BCUT2D eigenvalue weighted by atomic mass is 10.2. The van der Waals surface area contributed by atoms with Crippen LogP contribution in [0.15, 0.2) is 30.5 Å². The third kappa shape index (κ3) is 4.13. The number of nitrogens with one attached hydrogen (secondary N) is 1. The van der Waals surface area contributed by atoms with Crippen LogP contribution in [0.4, 0.5) is 17.5 Å². The van der Waals surface area contributed by atoms with Gasteiger partial charge in [0.15, 0.2) is 5.82 Å². The van der Waals surface area contributed by atoms with Gasteiger partial charge in [0.25, 0.3) is 5.91 Å². The second kappa shape index (κ2) is 7.63. The van der Waals surface area contributed by atoms with E-state index in [1.165, 1.54) is 0 Å². The van der Waals surface area contributed by atoms with Crippen LogP contribution in [0, 0.1) is 0 Å². The van der Waals surface area contributed by atoms with Crippen molar-refractivity contribution in [3.05, 3.63) is 36.0 Å². The highest BCUT2D eigenvalue weighted by molar-refractivity contribution is 6.05. The molecule has 0 radical (unpaired) electrons. The van der Waals surface area contributed by atoms with E-state index in [9.17, 15) is 4.79 Å². The fraction of sp³-hybridized carbons (Fsp3) is 0.353. The maximum atomic E-state index is 12.4. The number of ether oxygens (including phenoxy) is 1. The first-order chi connectivity index (χ1) is 11.4. The molecule has 0 atom stereocenters. The van der Waals surface area contributed by atoms with Gasteiger partial charge in [-0.05, 0) is 31.2 Å². The Morgan fingerprint density at radius 3 is 2.33 bits per heavy atom. The van der Waals surface area contributed by atoms with Gasteiger partial charge in [-0.1, -0.05) is 0 Å². The minimum atomic E-state index is -0.220. The van der Waals surface area contributed by atoms with Crippen molar-refractivity contribution >= 4 is 23.4 Å². The lowest BCUT2D eigenvalue weighted by Crippen LogP contribution is -2.21. The van der Waals surface area contributed by atoms with Gasteiger partial charge in [-0.2, -0.15) is 4.98 Å². The highest BCUT2D eigenvalue weighted by atomic mass is 16.5. The van der Waals surface area contributed by atoms with Gasteiger partial charge in [-0.3, -0.25) is 4.79 Å². The molecule has 0 aliphatic heterocycles. The van der Waals surface area contributed by atoms with Gasteiger partial charge in [0.2, 0.25) is 5.95 Å². The molecule has 1 aromatic carbocycles. The lowest BCUT2D eigenvalue weighted by Gasteiger charge is -2.19. The van der Waals surface area contributed by atoms with Crippen molar-refractivity contribution in [2.45, 2.75) is 6.92 Å². The van der Waals surface area contributed by atoms with Gasteiger partial charge < -0.3 is 19.9 Å². The van der Waals surface area contributed by atoms with Crippen molar-refractivity contribution in [1.29, 1.82) is 0 Å². The predicted molar refractivity (Wildman–Crippen MR) is 96.3 cm³/mol. The van der Waals surface area contributed by atoms with Crippen LogP contribution in [0.1, 0.15) is 17.3 Å². The fourth-order valence-electron chi connectivity index (χ4n) is 2.07. The Balaban J connectivity index is 2.21. The monoisotopic (exact) mass is 329 g/mol. The quantitative estimate of drug-likeness (QED) is 0.876. The van der Waals surface area contributed by atoms with Gasteiger partial charge in [-0.25, -0.2) is 4.98 Å². The van der Waals surface area contributed by atoms with Crippen LogP contribution in [-0.4, -0.2) is 50.7 Å². The molecule has 7 nitrogen and oxygen atoms in total. The van der Waals surface area contributed by atoms with E-state index in [2.05, 4.69) is 15.3 Å². The zero-order valence-corrected chi connectivity index (χ0v) is 14.7. The smallest absolute Gasteiger partial charge is 0.255 e. The van der Waals surface area contributed by atoms with Crippen molar-refractivity contribution in [3.8, 4) is 5.75 Å². The molecule has 0 aliphatic rings. The summed E-state index contributed by atoms with van der Waals surface area (Å²) in [7, 11) is 7.47. The van der Waals surface area contributed by atoms with Crippen molar-refractivity contribution in [3.63, 3.8) is 0 Å². The Morgan fingerprint density at radius 2 is 1.79 bits per heavy atom. The summed E-state index contributed by atoms with van der Waals surface area (Å²) in [6.45, 7) is 2.51. The van der Waals surface area contributed by atoms with Gasteiger partial charge >= 0.3 is 0 Å². The Morgan fingerprint density at radius 1 is 1.12 bits per heavy atom. The van der Waals surface area contributed by atoms with Crippen LogP contribution < -0.4 is 19.9 Å². The van der Waals surface area contributed by atoms with Gasteiger partial charge in [0.1, 0.15) is 11.4 Å². The summed E-state index contributed by atoms with van der Waals surface area (Å²) in [5, 5.41) is 2.86. The highest BCUT2D eigenvalue weighted by Gasteiger charge is 2.14. The molecule has 0 aliphatic carbocycles. The molecular formula is C17H23N5O2. The SMILES string of the molecule is CCOc1ccc(C(=O)Nc2cnc(N(C)C)nc2N(C)C)cc1. The van der Waals surface area contributed by atoms with E-state index in [1.54, 1.807) is 30.5 Å². The number of anilines is 3. The Hall–Kier alpha value is -2.83. The number of rotatable bonds is 6. The Bertz CT molecular complexity index is 699. The number of amides is 1. The molecule has 0 fully saturated rings. The van der Waals surface area contributed by atoms with Crippen LogP contribution in [0.25, 0.3) is 0 Å². The predicted octanol–water partition coefficient (Wildman–Crippen LogP) is 2.26. The normalized spacial score (nSPS) is 10.2. The topological polar surface area (TPSA) is 70.6 Å². The third-order valence-corrected chi connectivity index (χ3v) is 3.26. The summed E-state index contributed by atoms with van der Waals surface area (Å²) in [4.78, 5) is 24.8. The summed E-state index contributed by atoms with van der Waals surface area (Å²) < 4.78 is 5.38. The number of aromatic nitrogens is 2. The summed E-state index contributed by atoms with van der Waals surface area (Å²) in [6.07, 6.45) is 1.62. The van der Waals surface area contributed by atoms with E-state index in [1.807, 2.05) is 44.9 Å². The molecular weight excluding hydrogens is 306 g/mol. The average molecular weight is 329 g/mol. The molecule has 0 bridgehead atoms. The van der Waals surface area contributed by atoms with Crippen LogP contribution in [0.5, 0.6) is 5.75 Å². The van der Waals surface area contributed by atoms with Gasteiger partial charge in [0.05, 0.1) is 12.8 Å². The van der Waals surface area contributed by atoms with Gasteiger partial charge in [-0.15, -0.1) is 0 Å². The van der Waals surface area contributed by atoms with Crippen molar-refractivity contribution < 1.29 is 9.53 Å². The minimum Gasteiger partial charge on any atom is -0.494 e. The second-order valence-electron chi connectivity index (χ2n) is 5.61. The number of hydrogen-bond acceptors (Lipinski definition) is 6. The standard InChI is InChI=1S/C17H23N5O2/c1-6-24-13-9-7-12(8-10-13)16(23)19-14-11-18-17(22(4)5)20-15(14)21(2)3/h7-11H,6H2,1-5H3,(H,19,23). The van der Waals surface area contributed by atoms with Crippen molar-refractivity contribution in [1.82, 2.24) is 9.97 Å². The lowest BCUT2D eigenvalue weighted by molar-refractivity contribution is 0.102. The third-order valence-electron chi connectivity index (χ3n) is 3.26. The summed E-state index contributed by atoms with van der Waals surface area (Å²) in [6, 6.07) is 7.00. The molecule has 0 saturated carbocycles. The van der Waals surface area contributed by atoms with E-state index in [-0.39, 0.29) is 5.91 Å².